The second-order valence-corrected chi connectivity index (χ2v) is 7.53. The van der Waals surface area contributed by atoms with Crippen LogP contribution >= 0.6 is 0 Å². The van der Waals surface area contributed by atoms with Crippen molar-refractivity contribution in [3.8, 4) is 0 Å². The van der Waals surface area contributed by atoms with Gasteiger partial charge >= 0.3 is 0 Å². The van der Waals surface area contributed by atoms with Crippen LogP contribution in [0.2, 0.25) is 0 Å². The summed E-state index contributed by atoms with van der Waals surface area (Å²) in [5, 5.41) is 2.68. The van der Waals surface area contributed by atoms with Crippen LogP contribution in [0.5, 0.6) is 0 Å². The molecule has 0 unspecified atom stereocenters. The van der Waals surface area contributed by atoms with Gasteiger partial charge in [-0.3, -0.25) is 0 Å². The first kappa shape index (κ1) is 16.5. The van der Waals surface area contributed by atoms with Crippen molar-refractivity contribution in [3.05, 3.63) is 89.5 Å². The average molecular weight is 314 g/mol. The van der Waals surface area contributed by atoms with Crippen LogP contribution in [-0.2, 0) is 6.42 Å². The van der Waals surface area contributed by atoms with Crippen LogP contribution in [0.1, 0.15) is 38.8 Å². The van der Waals surface area contributed by atoms with Crippen molar-refractivity contribution in [3.63, 3.8) is 0 Å². The number of rotatable bonds is 3. The largest absolute Gasteiger partial charge is 0.0622 e. The summed E-state index contributed by atoms with van der Waals surface area (Å²) in [7, 11) is 0. The number of hydrogen-bond acceptors (Lipinski definition) is 0. The number of allylic oxidation sites excluding steroid dienone is 2. The summed E-state index contributed by atoms with van der Waals surface area (Å²) in [6, 6.07) is 26.1. The zero-order chi connectivity index (χ0) is 17.2. The van der Waals surface area contributed by atoms with Crippen LogP contribution in [0.4, 0.5) is 0 Å². The fourth-order valence-corrected chi connectivity index (χ4v) is 3.46. The van der Waals surface area contributed by atoms with Gasteiger partial charge < -0.3 is 0 Å². The van der Waals surface area contributed by atoms with Crippen molar-refractivity contribution < 1.29 is 0 Å². The third-order valence-corrected chi connectivity index (χ3v) is 4.81. The van der Waals surface area contributed by atoms with Crippen LogP contribution in [-0.4, -0.2) is 0 Å². The summed E-state index contributed by atoms with van der Waals surface area (Å²) >= 11 is 0. The lowest BCUT2D eigenvalue weighted by molar-refractivity contribution is 0.493. The Kier molecular flexibility index (Phi) is 4.57. The van der Waals surface area contributed by atoms with Gasteiger partial charge in [-0.05, 0) is 46.2 Å². The molecule has 0 aliphatic rings. The van der Waals surface area contributed by atoms with E-state index in [2.05, 4.69) is 100 Å². The smallest absolute Gasteiger partial charge is 0.00497 e. The quantitative estimate of drug-likeness (QED) is 0.493. The first-order valence-electron chi connectivity index (χ1n) is 8.69. The summed E-state index contributed by atoms with van der Waals surface area (Å²) in [6.45, 7) is 9.22. The minimum Gasteiger partial charge on any atom is -0.0622 e. The summed E-state index contributed by atoms with van der Waals surface area (Å²) in [4.78, 5) is 0. The first-order chi connectivity index (χ1) is 11.5. The predicted octanol–water partition coefficient (Wildman–Crippen LogP) is 6.90. The average Bonchev–Trinajstić information content (AvgIpc) is 2.59. The minimum absolute atomic E-state index is 0.136. The van der Waals surface area contributed by atoms with E-state index in [1.54, 1.807) is 0 Å². The highest BCUT2D eigenvalue weighted by Gasteiger charge is 2.21. The Morgan fingerprint density at radius 2 is 1.38 bits per heavy atom. The Morgan fingerprint density at radius 3 is 2.08 bits per heavy atom. The van der Waals surface area contributed by atoms with Crippen LogP contribution in [0, 0.1) is 5.41 Å². The molecule has 0 spiro atoms. The maximum atomic E-state index is 2.32. The van der Waals surface area contributed by atoms with Crippen molar-refractivity contribution in [1.82, 2.24) is 0 Å². The van der Waals surface area contributed by atoms with E-state index in [9.17, 15) is 0 Å². The van der Waals surface area contributed by atoms with Crippen LogP contribution in [0.3, 0.4) is 0 Å². The van der Waals surface area contributed by atoms with E-state index < -0.39 is 0 Å². The third-order valence-electron chi connectivity index (χ3n) is 4.81. The van der Waals surface area contributed by atoms with Gasteiger partial charge in [0.25, 0.3) is 0 Å². The molecule has 0 nitrogen and oxygen atoms in total. The van der Waals surface area contributed by atoms with Crippen molar-refractivity contribution in [2.45, 2.75) is 34.1 Å². The van der Waals surface area contributed by atoms with Gasteiger partial charge in [0.05, 0.1) is 0 Å². The van der Waals surface area contributed by atoms with Gasteiger partial charge in [0.2, 0.25) is 0 Å². The normalized spacial score (nSPS) is 13.0. The molecule has 3 rings (SSSR count). The molecule has 0 fully saturated rings. The van der Waals surface area contributed by atoms with Gasteiger partial charge in [0, 0.05) is 0 Å². The molecule has 0 heterocycles. The van der Waals surface area contributed by atoms with E-state index in [1.165, 1.54) is 33.0 Å². The molecular formula is C24H26. The standard InChI is InChI=1S/C24H26/c1-18(19-11-6-5-7-12-19)23(24(2,3)4)17-21-15-10-14-20-13-8-9-16-22(20)21/h5-16H,17H2,1-4H3/b23-18-. The maximum Gasteiger partial charge on any atom is -0.00497 e. The molecule has 122 valence electrons. The number of fused-ring (bicyclic) bond motifs is 1. The molecule has 0 aliphatic heterocycles. The molecule has 0 saturated carbocycles. The van der Waals surface area contributed by atoms with Crippen LogP contribution in [0.15, 0.2) is 78.4 Å². The van der Waals surface area contributed by atoms with Crippen molar-refractivity contribution in [2.75, 3.05) is 0 Å². The van der Waals surface area contributed by atoms with E-state index in [0.29, 0.717) is 0 Å². The number of hydrogen-bond donors (Lipinski definition) is 0. The minimum atomic E-state index is 0.136. The lowest BCUT2D eigenvalue weighted by Gasteiger charge is -2.27. The first-order valence-corrected chi connectivity index (χ1v) is 8.69. The highest BCUT2D eigenvalue weighted by atomic mass is 14.3. The van der Waals surface area contributed by atoms with Gasteiger partial charge in [0.15, 0.2) is 0 Å². The second kappa shape index (κ2) is 6.65. The van der Waals surface area contributed by atoms with Crippen LogP contribution < -0.4 is 0 Å². The second-order valence-electron chi connectivity index (χ2n) is 7.53. The Balaban J connectivity index is 2.11. The topological polar surface area (TPSA) is 0 Å². The summed E-state index contributed by atoms with van der Waals surface area (Å²) in [5.74, 6) is 0. The highest BCUT2D eigenvalue weighted by Crippen LogP contribution is 2.36. The van der Waals surface area contributed by atoms with Gasteiger partial charge in [-0.25, -0.2) is 0 Å². The lowest BCUT2D eigenvalue weighted by Crippen LogP contribution is -2.14. The molecule has 0 atom stereocenters. The summed E-state index contributed by atoms with van der Waals surface area (Å²) in [5.41, 5.74) is 5.77. The monoisotopic (exact) mass is 314 g/mol. The molecule has 0 amide bonds. The van der Waals surface area contributed by atoms with Gasteiger partial charge in [-0.1, -0.05) is 99.1 Å². The highest BCUT2D eigenvalue weighted by molar-refractivity contribution is 5.86. The fourth-order valence-electron chi connectivity index (χ4n) is 3.46. The molecule has 0 aromatic heterocycles. The predicted molar refractivity (Wildman–Crippen MR) is 106 cm³/mol. The van der Waals surface area contributed by atoms with Crippen molar-refractivity contribution >= 4 is 16.3 Å². The lowest BCUT2D eigenvalue weighted by atomic mass is 9.78. The SMILES string of the molecule is C/C(=C(\Cc1cccc2ccccc12)C(C)(C)C)c1ccccc1. The molecule has 3 aromatic carbocycles. The summed E-state index contributed by atoms with van der Waals surface area (Å²) in [6.07, 6.45) is 0.992. The van der Waals surface area contributed by atoms with Crippen LogP contribution in [0.25, 0.3) is 16.3 Å². The molecule has 24 heavy (non-hydrogen) atoms. The van der Waals surface area contributed by atoms with Crippen molar-refractivity contribution in [2.24, 2.45) is 5.41 Å². The van der Waals surface area contributed by atoms with E-state index >= 15 is 0 Å². The Morgan fingerprint density at radius 1 is 0.750 bits per heavy atom. The molecule has 0 bridgehead atoms. The molecule has 3 aromatic rings. The van der Waals surface area contributed by atoms with Gasteiger partial charge in [-0.15, -0.1) is 0 Å². The molecule has 0 radical (unpaired) electrons. The van der Waals surface area contributed by atoms with Crippen molar-refractivity contribution in [1.29, 1.82) is 0 Å². The fraction of sp³-hybridized carbons (Fsp3) is 0.250. The summed E-state index contributed by atoms with van der Waals surface area (Å²) < 4.78 is 0. The van der Waals surface area contributed by atoms with E-state index in [4.69, 9.17) is 0 Å². The third kappa shape index (κ3) is 3.43. The molecule has 0 heteroatoms. The molecule has 0 saturated heterocycles. The Labute approximate surface area is 145 Å². The number of benzene rings is 3. The van der Waals surface area contributed by atoms with Gasteiger partial charge in [-0.2, -0.15) is 0 Å². The zero-order valence-corrected chi connectivity index (χ0v) is 15.1. The van der Waals surface area contributed by atoms with E-state index in [0.717, 1.165) is 6.42 Å². The molecular weight excluding hydrogens is 288 g/mol. The Hall–Kier alpha value is -2.34. The molecule has 0 aliphatic carbocycles. The Bertz CT molecular complexity index is 856. The zero-order valence-electron chi connectivity index (χ0n) is 15.1. The maximum absolute atomic E-state index is 2.32. The van der Waals surface area contributed by atoms with E-state index in [1.807, 2.05) is 0 Å². The van der Waals surface area contributed by atoms with E-state index in [-0.39, 0.29) is 5.41 Å². The van der Waals surface area contributed by atoms with Gasteiger partial charge in [0.1, 0.15) is 0 Å². The molecule has 0 N–H and O–H groups in total.